The number of nitrogens with two attached hydrogens (primary N) is 1. The maximum Gasteiger partial charge on any atom is 0.243 e. The average molecular weight is 364 g/mol. The molecule has 2 fully saturated rings. The second kappa shape index (κ2) is 5.42. The van der Waals surface area contributed by atoms with E-state index in [4.69, 9.17) is 5.73 Å². The predicted molar refractivity (Wildman–Crippen MR) is 98.3 cm³/mol. The first kappa shape index (κ1) is 16.1. The molecule has 9 nitrogen and oxygen atoms in total. The second-order valence-electron chi connectivity index (χ2n) is 7.75. The Morgan fingerprint density at radius 1 is 1.44 bits per heavy atom. The maximum absolute atomic E-state index is 12.9. The molecule has 2 unspecified atom stereocenters. The molecule has 0 aromatic carbocycles. The van der Waals surface area contributed by atoms with E-state index < -0.39 is 5.41 Å². The fourth-order valence-corrected chi connectivity index (χ4v) is 4.12. The van der Waals surface area contributed by atoms with Gasteiger partial charge in [0.1, 0.15) is 10.9 Å². The van der Waals surface area contributed by atoms with Crippen molar-refractivity contribution in [3.05, 3.63) is 12.3 Å². The Hall–Kier alpha value is -3.15. The molecule has 0 bridgehead atoms. The first-order valence-corrected chi connectivity index (χ1v) is 9.22. The van der Waals surface area contributed by atoms with Gasteiger partial charge in [-0.2, -0.15) is 10.4 Å². The molecule has 1 amide bonds. The summed E-state index contributed by atoms with van der Waals surface area (Å²) in [6.45, 7) is 3.36. The monoisotopic (exact) mass is 364 g/mol. The van der Waals surface area contributed by atoms with Crippen molar-refractivity contribution in [2.75, 3.05) is 18.8 Å². The molecular weight excluding hydrogens is 344 g/mol. The number of likely N-dealkylation sites (tertiary alicyclic amines) is 1. The van der Waals surface area contributed by atoms with Gasteiger partial charge in [0, 0.05) is 24.7 Å². The number of hydrogen-bond donors (Lipinski definition) is 2. The third-order valence-electron chi connectivity index (χ3n) is 6.04. The van der Waals surface area contributed by atoms with Gasteiger partial charge < -0.3 is 15.6 Å². The Labute approximate surface area is 155 Å². The van der Waals surface area contributed by atoms with Crippen LogP contribution in [0.15, 0.2) is 12.3 Å². The van der Waals surface area contributed by atoms with Gasteiger partial charge in [-0.1, -0.05) is 6.92 Å². The van der Waals surface area contributed by atoms with Crippen molar-refractivity contribution >= 4 is 33.8 Å². The lowest BCUT2D eigenvalue weighted by molar-refractivity contribution is -0.137. The van der Waals surface area contributed by atoms with Crippen LogP contribution in [-0.4, -0.2) is 48.9 Å². The topological polar surface area (TPSA) is 130 Å². The molecule has 0 spiro atoms. The summed E-state index contributed by atoms with van der Waals surface area (Å²) in [5.41, 5.74) is 7.42. The number of nitrogen functional groups attached to an aromatic ring is 1. The van der Waals surface area contributed by atoms with Crippen molar-refractivity contribution in [1.82, 2.24) is 29.9 Å². The van der Waals surface area contributed by atoms with Gasteiger partial charge >= 0.3 is 0 Å². The lowest BCUT2D eigenvalue weighted by atomic mass is 9.92. The molecule has 1 saturated carbocycles. The number of nitriles is 1. The van der Waals surface area contributed by atoms with Crippen molar-refractivity contribution in [2.45, 2.75) is 32.2 Å². The number of H-pyrrole nitrogens is 1. The Bertz CT molecular complexity index is 1100. The number of piperidine rings is 1. The summed E-state index contributed by atoms with van der Waals surface area (Å²) in [6.07, 6.45) is 4.00. The normalized spacial score (nSPS) is 24.2. The van der Waals surface area contributed by atoms with Crippen LogP contribution in [0.2, 0.25) is 0 Å². The number of rotatable bonds is 2. The van der Waals surface area contributed by atoms with Crippen molar-refractivity contribution in [2.24, 2.45) is 11.3 Å². The van der Waals surface area contributed by atoms with E-state index in [0.29, 0.717) is 48.8 Å². The highest BCUT2D eigenvalue weighted by atomic mass is 16.2. The van der Waals surface area contributed by atoms with Crippen LogP contribution in [0, 0.1) is 22.7 Å². The van der Waals surface area contributed by atoms with Gasteiger partial charge in [0.25, 0.3) is 0 Å². The summed E-state index contributed by atoms with van der Waals surface area (Å²) in [4.78, 5) is 17.8. The number of carbonyl (C=O) groups is 1. The predicted octanol–water partition coefficient (Wildman–Crippen LogP) is 1.60. The van der Waals surface area contributed by atoms with Gasteiger partial charge in [0.2, 0.25) is 5.91 Å². The van der Waals surface area contributed by atoms with E-state index in [1.807, 2.05) is 21.8 Å². The zero-order valence-corrected chi connectivity index (χ0v) is 15.0. The molecular formula is C18H20N8O. The van der Waals surface area contributed by atoms with Crippen molar-refractivity contribution in [1.29, 1.82) is 5.26 Å². The molecule has 2 aliphatic rings. The lowest BCUT2D eigenvalue weighted by Crippen LogP contribution is -2.46. The molecule has 1 aliphatic heterocycles. The standard InChI is InChI=1S/C18H20N8O/c1-10-3-7-25(17(27)18(9-19)4-5-18)8-12(10)26-14-11-2-6-21-16(11)23-22-13(14)15(20)24-26/h2,6,10,12H,3-5,7-8H2,1H3,(H2,20,24)(H,21,23). The Balaban J connectivity index is 1.58. The van der Waals surface area contributed by atoms with Crippen LogP contribution >= 0.6 is 0 Å². The van der Waals surface area contributed by atoms with Crippen LogP contribution in [0.25, 0.3) is 22.1 Å². The van der Waals surface area contributed by atoms with E-state index in [0.717, 1.165) is 17.3 Å². The van der Waals surface area contributed by atoms with Gasteiger partial charge in [-0.05, 0) is 31.2 Å². The molecule has 27 heavy (non-hydrogen) atoms. The minimum atomic E-state index is -0.796. The smallest absolute Gasteiger partial charge is 0.243 e. The van der Waals surface area contributed by atoms with Crippen molar-refractivity contribution in [3.8, 4) is 6.07 Å². The van der Waals surface area contributed by atoms with E-state index in [1.54, 1.807) is 0 Å². The zero-order chi connectivity index (χ0) is 18.8. The number of carbonyl (C=O) groups excluding carboxylic acids is 1. The Kier molecular flexibility index (Phi) is 3.22. The number of aromatic nitrogens is 5. The molecule has 3 N–H and O–H groups in total. The summed E-state index contributed by atoms with van der Waals surface area (Å²) < 4.78 is 1.91. The van der Waals surface area contributed by atoms with E-state index >= 15 is 0 Å². The second-order valence-corrected chi connectivity index (χ2v) is 7.75. The Morgan fingerprint density at radius 2 is 2.26 bits per heavy atom. The van der Waals surface area contributed by atoms with Gasteiger partial charge in [0.05, 0.1) is 12.1 Å². The Morgan fingerprint density at radius 3 is 3.00 bits per heavy atom. The number of nitrogens with zero attached hydrogens (tertiary/aromatic N) is 6. The van der Waals surface area contributed by atoms with Crippen LogP contribution in [0.1, 0.15) is 32.2 Å². The van der Waals surface area contributed by atoms with Crippen molar-refractivity contribution < 1.29 is 4.79 Å². The number of fused-ring (bicyclic) bond motifs is 3. The molecule has 5 rings (SSSR count). The lowest BCUT2D eigenvalue weighted by Gasteiger charge is -2.38. The highest BCUT2D eigenvalue weighted by Crippen LogP contribution is 2.47. The average Bonchev–Trinajstić information content (AvgIpc) is 3.20. The largest absolute Gasteiger partial charge is 0.380 e. The minimum absolute atomic E-state index is 0.0284. The van der Waals surface area contributed by atoms with Crippen LogP contribution in [0.5, 0.6) is 0 Å². The van der Waals surface area contributed by atoms with Gasteiger partial charge in [-0.25, -0.2) is 0 Å². The molecule has 9 heteroatoms. The number of nitrogens with one attached hydrogen (secondary N) is 1. The molecule has 1 saturated heterocycles. The maximum atomic E-state index is 12.9. The van der Waals surface area contributed by atoms with Gasteiger partial charge in [0.15, 0.2) is 17.0 Å². The molecule has 3 aromatic rings. The summed E-state index contributed by atoms with van der Waals surface area (Å²) >= 11 is 0. The molecule has 3 aromatic heterocycles. The third-order valence-corrected chi connectivity index (χ3v) is 6.04. The highest BCUT2D eigenvalue weighted by molar-refractivity contribution is 6.04. The van der Waals surface area contributed by atoms with E-state index in [1.165, 1.54) is 0 Å². The summed E-state index contributed by atoms with van der Waals surface area (Å²) in [7, 11) is 0. The fourth-order valence-electron chi connectivity index (χ4n) is 4.12. The molecule has 4 heterocycles. The molecule has 0 radical (unpaired) electrons. The fraction of sp³-hybridized carbons (Fsp3) is 0.500. The van der Waals surface area contributed by atoms with Gasteiger partial charge in [-0.15, -0.1) is 10.2 Å². The minimum Gasteiger partial charge on any atom is -0.380 e. The SMILES string of the molecule is CC1CCN(C(=O)C2(C#N)CC2)CC1n1nc(N)c2nnc3[nH]ccc3c21. The molecule has 2 atom stereocenters. The molecule has 138 valence electrons. The van der Waals surface area contributed by atoms with Crippen LogP contribution in [-0.2, 0) is 4.79 Å². The van der Waals surface area contributed by atoms with Crippen LogP contribution in [0.3, 0.4) is 0 Å². The first-order chi connectivity index (χ1) is 13.0. The molecule has 1 aliphatic carbocycles. The van der Waals surface area contributed by atoms with E-state index in [-0.39, 0.29) is 11.9 Å². The number of amides is 1. The summed E-state index contributed by atoms with van der Waals surface area (Å²) in [5.74, 6) is 0.612. The summed E-state index contributed by atoms with van der Waals surface area (Å²) in [5, 5.41) is 23.2. The number of hydrogen-bond acceptors (Lipinski definition) is 6. The summed E-state index contributed by atoms with van der Waals surface area (Å²) in [6, 6.07) is 4.13. The van der Waals surface area contributed by atoms with Crippen LogP contribution < -0.4 is 5.73 Å². The van der Waals surface area contributed by atoms with Crippen LogP contribution in [0.4, 0.5) is 5.82 Å². The quantitative estimate of drug-likeness (QED) is 0.710. The van der Waals surface area contributed by atoms with E-state index in [9.17, 15) is 10.1 Å². The zero-order valence-electron chi connectivity index (χ0n) is 15.0. The highest BCUT2D eigenvalue weighted by Gasteiger charge is 2.53. The first-order valence-electron chi connectivity index (χ1n) is 9.22. The van der Waals surface area contributed by atoms with Gasteiger partial charge in [-0.3, -0.25) is 9.48 Å². The third kappa shape index (κ3) is 2.22. The number of anilines is 1. The van der Waals surface area contributed by atoms with E-state index in [2.05, 4.69) is 33.3 Å². The number of aromatic amines is 1. The van der Waals surface area contributed by atoms with Crippen molar-refractivity contribution in [3.63, 3.8) is 0 Å².